The molecule has 0 radical (unpaired) electrons. The zero-order chi connectivity index (χ0) is 15.3. The van der Waals surface area contributed by atoms with Gasteiger partial charge in [0.15, 0.2) is 11.6 Å². The molecule has 2 bridgehead atoms. The fourth-order valence-corrected chi connectivity index (χ4v) is 3.63. The van der Waals surface area contributed by atoms with Gasteiger partial charge in [-0.15, -0.1) is 0 Å². The van der Waals surface area contributed by atoms with Crippen LogP contribution in [0.3, 0.4) is 0 Å². The highest BCUT2D eigenvalue weighted by Gasteiger charge is 2.60. The molecule has 3 rings (SSSR count). The topological polar surface area (TPSA) is 18.5 Å². The van der Waals surface area contributed by atoms with Crippen LogP contribution >= 0.6 is 0 Å². The molecule has 2 aliphatic heterocycles. The monoisotopic (exact) mass is 296 g/mol. The van der Waals surface area contributed by atoms with Crippen molar-refractivity contribution in [3.8, 4) is 0 Å². The van der Waals surface area contributed by atoms with Gasteiger partial charge in [-0.05, 0) is 43.4 Å². The Hall–Kier alpha value is -1.00. The van der Waals surface area contributed by atoms with Crippen LogP contribution in [0.25, 0.3) is 0 Å². The molecule has 0 amide bonds. The maximum Gasteiger partial charge on any atom is 0.159 e. The third-order valence-electron chi connectivity index (χ3n) is 5.18. The number of hydrogen-bond acceptors (Lipinski definition) is 2. The number of hydrogen-bond donors (Lipinski definition) is 0. The van der Waals surface area contributed by atoms with E-state index < -0.39 is 11.6 Å². The maximum atomic E-state index is 13.2. The van der Waals surface area contributed by atoms with E-state index in [1.54, 1.807) is 6.07 Å². The van der Waals surface area contributed by atoms with E-state index in [-0.39, 0.29) is 23.9 Å². The molecular formula is C17H22F2O2. The molecule has 2 nitrogen and oxygen atoms in total. The predicted octanol–water partition coefficient (Wildman–Crippen LogP) is 4.22. The molecule has 2 saturated heterocycles. The Bertz CT molecular complexity index is 546. The summed E-state index contributed by atoms with van der Waals surface area (Å²) in [5.41, 5.74) is 0.329. The van der Waals surface area contributed by atoms with Crippen LogP contribution in [0.5, 0.6) is 0 Å². The Kier molecular flexibility index (Phi) is 3.57. The summed E-state index contributed by atoms with van der Waals surface area (Å²) in [6.45, 7) is 6.75. The van der Waals surface area contributed by atoms with Crippen molar-refractivity contribution in [1.82, 2.24) is 0 Å². The second-order valence-corrected chi connectivity index (χ2v) is 6.89. The summed E-state index contributed by atoms with van der Waals surface area (Å²) in [5.74, 6) is -1.20. The second kappa shape index (κ2) is 5.03. The molecule has 116 valence electrons. The number of fused-ring (bicyclic) bond motifs is 2. The molecule has 2 aliphatic rings. The van der Waals surface area contributed by atoms with Crippen LogP contribution in [0, 0.1) is 17.6 Å². The summed E-state index contributed by atoms with van der Waals surface area (Å²) in [6.07, 6.45) is 2.96. The Labute approximate surface area is 124 Å². The van der Waals surface area contributed by atoms with Crippen molar-refractivity contribution in [3.05, 3.63) is 35.4 Å². The summed E-state index contributed by atoms with van der Waals surface area (Å²) >= 11 is 0. The number of rotatable bonds is 4. The highest BCUT2D eigenvalue weighted by atomic mass is 19.2. The van der Waals surface area contributed by atoms with Gasteiger partial charge in [0.25, 0.3) is 0 Å². The van der Waals surface area contributed by atoms with E-state index in [4.69, 9.17) is 9.47 Å². The third-order valence-corrected chi connectivity index (χ3v) is 5.18. The Balaban J connectivity index is 1.68. The first kappa shape index (κ1) is 14.9. The van der Waals surface area contributed by atoms with Crippen LogP contribution in [-0.2, 0) is 16.1 Å². The van der Waals surface area contributed by atoms with E-state index >= 15 is 0 Å². The van der Waals surface area contributed by atoms with Gasteiger partial charge in [0, 0.05) is 6.42 Å². The summed E-state index contributed by atoms with van der Waals surface area (Å²) in [4.78, 5) is 0. The summed E-state index contributed by atoms with van der Waals surface area (Å²) in [7, 11) is 0. The molecule has 3 atom stereocenters. The molecule has 1 aromatic rings. The van der Waals surface area contributed by atoms with E-state index in [1.165, 1.54) is 6.07 Å². The van der Waals surface area contributed by atoms with Gasteiger partial charge in [0.05, 0.1) is 23.9 Å². The molecule has 0 aromatic heterocycles. The lowest BCUT2D eigenvalue weighted by Crippen LogP contribution is -2.38. The van der Waals surface area contributed by atoms with Crippen molar-refractivity contribution >= 4 is 0 Å². The van der Waals surface area contributed by atoms with Crippen molar-refractivity contribution in [1.29, 1.82) is 0 Å². The van der Waals surface area contributed by atoms with Gasteiger partial charge >= 0.3 is 0 Å². The Morgan fingerprint density at radius 2 is 2.05 bits per heavy atom. The zero-order valence-corrected chi connectivity index (χ0v) is 12.8. The summed E-state index contributed by atoms with van der Waals surface area (Å²) in [6, 6.07) is 3.90. The molecule has 0 N–H and O–H groups in total. The lowest BCUT2D eigenvalue weighted by Gasteiger charge is -2.31. The van der Waals surface area contributed by atoms with Crippen molar-refractivity contribution in [3.63, 3.8) is 0 Å². The van der Waals surface area contributed by atoms with Gasteiger partial charge in [-0.25, -0.2) is 8.78 Å². The minimum atomic E-state index is -0.829. The molecule has 2 heterocycles. The van der Waals surface area contributed by atoms with Gasteiger partial charge in [-0.3, -0.25) is 0 Å². The van der Waals surface area contributed by atoms with E-state index in [0.29, 0.717) is 11.5 Å². The standard InChI is InChI=1S/C17H22F2O2/c1-11(2)17-7-6-16(3,21-17)15(9-17)20-10-12-4-5-13(18)14(19)8-12/h4-5,8,11,15H,6-7,9-10H2,1-3H3. The fraction of sp³-hybridized carbons (Fsp3) is 0.647. The van der Waals surface area contributed by atoms with Gasteiger partial charge in [-0.2, -0.15) is 0 Å². The van der Waals surface area contributed by atoms with Crippen molar-refractivity contribution < 1.29 is 18.3 Å². The molecule has 0 saturated carbocycles. The highest BCUT2D eigenvalue weighted by Crippen LogP contribution is 2.55. The Morgan fingerprint density at radius 3 is 2.67 bits per heavy atom. The van der Waals surface area contributed by atoms with Crippen LogP contribution < -0.4 is 0 Å². The number of halogens is 2. The van der Waals surface area contributed by atoms with Crippen LogP contribution in [0.15, 0.2) is 18.2 Å². The minimum absolute atomic E-state index is 0.0155. The average molecular weight is 296 g/mol. The highest BCUT2D eigenvalue weighted by molar-refractivity contribution is 5.17. The molecule has 2 fully saturated rings. The molecule has 21 heavy (non-hydrogen) atoms. The van der Waals surface area contributed by atoms with Crippen molar-refractivity contribution in [2.75, 3.05) is 0 Å². The molecular weight excluding hydrogens is 274 g/mol. The average Bonchev–Trinajstić information content (AvgIpc) is 2.92. The Morgan fingerprint density at radius 1 is 1.29 bits per heavy atom. The zero-order valence-electron chi connectivity index (χ0n) is 12.8. The van der Waals surface area contributed by atoms with Crippen molar-refractivity contribution in [2.24, 2.45) is 5.92 Å². The van der Waals surface area contributed by atoms with E-state index in [9.17, 15) is 8.78 Å². The van der Waals surface area contributed by atoms with E-state index in [1.807, 2.05) is 0 Å². The molecule has 3 unspecified atom stereocenters. The van der Waals surface area contributed by atoms with Gasteiger partial charge in [0.2, 0.25) is 0 Å². The third kappa shape index (κ3) is 2.49. The summed E-state index contributed by atoms with van der Waals surface area (Å²) < 4.78 is 38.4. The number of ether oxygens (including phenoxy) is 2. The first-order valence-electron chi connectivity index (χ1n) is 7.60. The normalized spacial score (nSPS) is 34.9. The van der Waals surface area contributed by atoms with Crippen LogP contribution in [-0.4, -0.2) is 17.3 Å². The largest absolute Gasteiger partial charge is 0.370 e. The van der Waals surface area contributed by atoms with Crippen LogP contribution in [0.1, 0.15) is 45.6 Å². The van der Waals surface area contributed by atoms with Gasteiger partial charge < -0.3 is 9.47 Å². The molecule has 0 aliphatic carbocycles. The predicted molar refractivity (Wildman–Crippen MR) is 75.8 cm³/mol. The van der Waals surface area contributed by atoms with Crippen molar-refractivity contribution in [2.45, 2.75) is 63.9 Å². The van der Waals surface area contributed by atoms with Crippen LogP contribution in [0.4, 0.5) is 8.78 Å². The first-order chi connectivity index (χ1) is 9.85. The lowest BCUT2D eigenvalue weighted by atomic mass is 9.75. The lowest BCUT2D eigenvalue weighted by molar-refractivity contribution is -0.0960. The molecule has 0 spiro atoms. The summed E-state index contributed by atoms with van der Waals surface area (Å²) in [5, 5.41) is 0. The SMILES string of the molecule is CC(C)C12CCC(C)(O1)C(OCc1ccc(F)c(F)c1)C2. The quantitative estimate of drug-likeness (QED) is 0.828. The van der Waals surface area contributed by atoms with E-state index in [0.717, 1.165) is 25.3 Å². The van der Waals surface area contributed by atoms with Crippen LogP contribution in [0.2, 0.25) is 0 Å². The second-order valence-electron chi connectivity index (χ2n) is 6.89. The maximum absolute atomic E-state index is 13.2. The number of benzene rings is 1. The fourth-order valence-electron chi connectivity index (χ4n) is 3.63. The molecule has 1 aromatic carbocycles. The van der Waals surface area contributed by atoms with E-state index in [2.05, 4.69) is 20.8 Å². The van der Waals surface area contributed by atoms with Gasteiger partial charge in [0.1, 0.15) is 0 Å². The first-order valence-corrected chi connectivity index (χ1v) is 7.60. The van der Waals surface area contributed by atoms with Gasteiger partial charge in [-0.1, -0.05) is 19.9 Å². The minimum Gasteiger partial charge on any atom is -0.370 e. The molecule has 4 heteroatoms. The smallest absolute Gasteiger partial charge is 0.159 e.